The molecule has 18 heavy (non-hydrogen) atoms. The summed E-state index contributed by atoms with van der Waals surface area (Å²) in [5, 5.41) is 9.88. The monoisotopic (exact) mass is 246 g/mol. The molecule has 0 aliphatic carbocycles. The lowest BCUT2D eigenvalue weighted by atomic mass is 10.1. The van der Waals surface area contributed by atoms with Crippen molar-refractivity contribution in [3.05, 3.63) is 41.7 Å². The topological polar surface area (TPSA) is 59.7 Å². The van der Waals surface area contributed by atoms with Gasteiger partial charge < -0.3 is 14.3 Å². The van der Waals surface area contributed by atoms with Gasteiger partial charge in [-0.2, -0.15) is 0 Å². The molecule has 0 atom stereocenters. The molecule has 1 N–H and O–H groups in total. The molecule has 2 aromatic rings. The fourth-order valence-electron chi connectivity index (χ4n) is 1.72. The Kier molecular flexibility index (Phi) is 3.37. The van der Waals surface area contributed by atoms with Gasteiger partial charge in [-0.15, -0.1) is 0 Å². The van der Waals surface area contributed by atoms with Crippen LogP contribution in [0.15, 0.2) is 34.7 Å². The number of hydrogen-bond acceptors (Lipinski definition) is 4. The van der Waals surface area contributed by atoms with Crippen molar-refractivity contribution in [2.45, 2.75) is 13.8 Å². The average molecular weight is 246 g/mol. The minimum absolute atomic E-state index is 0.0838. The SMILES string of the molecule is CCOC(=O)c1c(-c2ccccc2)oc(C)c1O. The lowest BCUT2D eigenvalue weighted by Crippen LogP contribution is -2.05. The molecule has 0 saturated carbocycles. The van der Waals surface area contributed by atoms with Crippen molar-refractivity contribution in [2.24, 2.45) is 0 Å². The van der Waals surface area contributed by atoms with Crippen molar-refractivity contribution >= 4 is 5.97 Å². The van der Waals surface area contributed by atoms with Crippen LogP contribution >= 0.6 is 0 Å². The maximum atomic E-state index is 11.8. The zero-order valence-corrected chi connectivity index (χ0v) is 10.3. The van der Waals surface area contributed by atoms with Crippen molar-refractivity contribution < 1.29 is 19.1 Å². The molecule has 0 saturated heterocycles. The smallest absolute Gasteiger partial charge is 0.345 e. The molecule has 2 rings (SSSR count). The summed E-state index contributed by atoms with van der Waals surface area (Å²) >= 11 is 0. The van der Waals surface area contributed by atoms with E-state index < -0.39 is 5.97 Å². The Balaban J connectivity index is 2.55. The third-order valence-corrected chi connectivity index (χ3v) is 2.57. The zero-order chi connectivity index (χ0) is 13.1. The van der Waals surface area contributed by atoms with Crippen LogP contribution in [0.3, 0.4) is 0 Å². The van der Waals surface area contributed by atoms with Gasteiger partial charge in [0.15, 0.2) is 11.5 Å². The molecule has 0 aliphatic rings. The van der Waals surface area contributed by atoms with Gasteiger partial charge in [-0.1, -0.05) is 30.3 Å². The van der Waals surface area contributed by atoms with Crippen LogP contribution in [-0.2, 0) is 4.74 Å². The molecule has 0 spiro atoms. The van der Waals surface area contributed by atoms with E-state index in [0.717, 1.165) is 5.56 Å². The van der Waals surface area contributed by atoms with Gasteiger partial charge in [0.2, 0.25) is 0 Å². The Bertz CT molecular complexity index is 555. The first-order chi connectivity index (χ1) is 8.65. The second-order valence-corrected chi connectivity index (χ2v) is 3.80. The number of carbonyl (C=O) groups is 1. The van der Waals surface area contributed by atoms with E-state index in [1.54, 1.807) is 26.0 Å². The lowest BCUT2D eigenvalue weighted by molar-refractivity contribution is 0.0524. The predicted molar refractivity (Wildman–Crippen MR) is 66.5 cm³/mol. The number of aromatic hydroxyl groups is 1. The van der Waals surface area contributed by atoms with Gasteiger partial charge in [0.25, 0.3) is 0 Å². The number of esters is 1. The Morgan fingerprint density at radius 2 is 2.00 bits per heavy atom. The number of hydrogen-bond donors (Lipinski definition) is 1. The summed E-state index contributed by atoms with van der Waals surface area (Å²) < 4.78 is 10.4. The minimum atomic E-state index is -0.578. The number of rotatable bonds is 3. The number of carbonyl (C=O) groups excluding carboxylic acids is 1. The highest BCUT2D eigenvalue weighted by Gasteiger charge is 2.25. The molecule has 0 fully saturated rings. The van der Waals surface area contributed by atoms with E-state index in [9.17, 15) is 9.90 Å². The number of ether oxygens (including phenoxy) is 1. The summed E-state index contributed by atoms with van der Waals surface area (Å²) in [6.45, 7) is 3.56. The van der Waals surface area contributed by atoms with E-state index in [-0.39, 0.29) is 17.9 Å². The molecule has 0 bridgehead atoms. The van der Waals surface area contributed by atoms with Crippen LogP contribution in [-0.4, -0.2) is 17.7 Å². The fourth-order valence-corrected chi connectivity index (χ4v) is 1.72. The van der Waals surface area contributed by atoms with Crippen molar-refractivity contribution in [1.29, 1.82) is 0 Å². The highest BCUT2D eigenvalue weighted by atomic mass is 16.5. The van der Waals surface area contributed by atoms with E-state index in [1.165, 1.54) is 0 Å². The molecule has 0 radical (unpaired) electrons. The van der Waals surface area contributed by atoms with E-state index in [2.05, 4.69) is 0 Å². The van der Waals surface area contributed by atoms with E-state index in [1.807, 2.05) is 18.2 Å². The number of furan rings is 1. The summed E-state index contributed by atoms with van der Waals surface area (Å²) in [7, 11) is 0. The predicted octanol–water partition coefficient (Wildman–Crippen LogP) is 3.14. The first-order valence-corrected chi connectivity index (χ1v) is 5.70. The molecule has 4 nitrogen and oxygen atoms in total. The maximum Gasteiger partial charge on any atom is 0.345 e. The summed E-state index contributed by atoms with van der Waals surface area (Å²) in [4.78, 5) is 11.8. The molecule has 1 aromatic carbocycles. The van der Waals surface area contributed by atoms with Gasteiger partial charge in [-0.05, 0) is 13.8 Å². The minimum Gasteiger partial charge on any atom is -0.504 e. The lowest BCUT2D eigenvalue weighted by Gasteiger charge is -2.02. The summed E-state index contributed by atoms with van der Waals surface area (Å²) in [6.07, 6.45) is 0. The summed E-state index contributed by atoms with van der Waals surface area (Å²) in [6, 6.07) is 9.14. The van der Waals surface area contributed by atoms with Crippen LogP contribution in [0, 0.1) is 6.92 Å². The van der Waals surface area contributed by atoms with Gasteiger partial charge in [-0.3, -0.25) is 0 Å². The fraction of sp³-hybridized carbons (Fsp3) is 0.214. The molecule has 1 heterocycles. The highest BCUT2D eigenvalue weighted by molar-refractivity contribution is 5.99. The largest absolute Gasteiger partial charge is 0.504 e. The molecular formula is C14H14O4. The van der Waals surface area contributed by atoms with Crippen LogP contribution in [0.5, 0.6) is 5.75 Å². The van der Waals surface area contributed by atoms with Crippen molar-refractivity contribution in [3.63, 3.8) is 0 Å². The van der Waals surface area contributed by atoms with Crippen molar-refractivity contribution in [3.8, 4) is 17.1 Å². The van der Waals surface area contributed by atoms with Gasteiger partial charge in [0.1, 0.15) is 11.3 Å². The van der Waals surface area contributed by atoms with E-state index in [4.69, 9.17) is 9.15 Å². The second kappa shape index (κ2) is 4.96. The van der Waals surface area contributed by atoms with Crippen LogP contribution < -0.4 is 0 Å². The van der Waals surface area contributed by atoms with Crippen LogP contribution in [0.4, 0.5) is 0 Å². The number of benzene rings is 1. The van der Waals surface area contributed by atoms with Crippen LogP contribution in [0.25, 0.3) is 11.3 Å². The van der Waals surface area contributed by atoms with Crippen LogP contribution in [0.1, 0.15) is 23.0 Å². The second-order valence-electron chi connectivity index (χ2n) is 3.80. The van der Waals surface area contributed by atoms with Crippen molar-refractivity contribution in [1.82, 2.24) is 0 Å². The molecule has 0 amide bonds. The Labute approximate surface area is 105 Å². The molecule has 94 valence electrons. The first kappa shape index (κ1) is 12.2. The third-order valence-electron chi connectivity index (χ3n) is 2.57. The quantitative estimate of drug-likeness (QED) is 0.845. The molecule has 1 aromatic heterocycles. The van der Waals surface area contributed by atoms with Crippen LogP contribution in [0.2, 0.25) is 0 Å². The maximum absolute atomic E-state index is 11.8. The van der Waals surface area contributed by atoms with Crippen molar-refractivity contribution in [2.75, 3.05) is 6.61 Å². The first-order valence-electron chi connectivity index (χ1n) is 5.70. The Hall–Kier alpha value is -2.23. The molecular weight excluding hydrogens is 232 g/mol. The Morgan fingerprint density at radius 1 is 1.33 bits per heavy atom. The Morgan fingerprint density at radius 3 is 2.61 bits per heavy atom. The standard InChI is InChI=1S/C14H14O4/c1-3-17-14(16)11-12(15)9(2)18-13(11)10-7-5-4-6-8-10/h4-8,15H,3H2,1-2H3. The third kappa shape index (κ3) is 2.09. The van der Waals surface area contributed by atoms with Gasteiger partial charge in [0.05, 0.1) is 6.61 Å². The van der Waals surface area contributed by atoms with Gasteiger partial charge in [0, 0.05) is 5.56 Å². The average Bonchev–Trinajstić information content (AvgIpc) is 2.67. The van der Waals surface area contributed by atoms with Gasteiger partial charge >= 0.3 is 5.97 Å². The molecule has 0 aliphatic heterocycles. The zero-order valence-electron chi connectivity index (χ0n) is 10.3. The summed E-state index contributed by atoms with van der Waals surface area (Å²) in [5.41, 5.74) is 0.810. The summed E-state index contributed by atoms with van der Waals surface area (Å²) in [5.74, 6) is -0.0982. The molecule has 4 heteroatoms. The van der Waals surface area contributed by atoms with Gasteiger partial charge in [-0.25, -0.2) is 4.79 Å². The van der Waals surface area contributed by atoms with E-state index >= 15 is 0 Å². The normalized spacial score (nSPS) is 10.3. The highest BCUT2D eigenvalue weighted by Crippen LogP contribution is 2.36. The number of aryl methyl sites for hydroxylation is 1. The van der Waals surface area contributed by atoms with E-state index in [0.29, 0.717) is 11.5 Å². The molecule has 0 unspecified atom stereocenters.